The van der Waals surface area contributed by atoms with E-state index in [1.165, 1.54) is 11.3 Å². The molecule has 1 aliphatic carbocycles. The summed E-state index contributed by atoms with van der Waals surface area (Å²) >= 11 is 1.82. The normalized spacial score (nSPS) is 17.4. The Morgan fingerprint density at radius 3 is 2.77 bits per heavy atom. The van der Waals surface area contributed by atoms with Crippen molar-refractivity contribution in [1.82, 2.24) is 5.32 Å². The second-order valence-electron chi connectivity index (χ2n) is 3.12. The number of nitrogens with one attached hydrogen (secondary N) is 1. The Labute approximate surface area is 84.2 Å². The van der Waals surface area contributed by atoms with E-state index in [0.29, 0.717) is 0 Å². The topological polar surface area (TPSA) is 29.1 Å². The second-order valence-corrected chi connectivity index (χ2v) is 4.48. The van der Waals surface area contributed by atoms with Gasteiger partial charge in [-0.15, -0.1) is 11.8 Å². The standard InChI is InChI=1S/C10H17NOS/c1-3-13-9-7-5-4-6-8(9)10(12)11-2/h3-7H2,1-2H3,(H,11,12). The summed E-state index contributed by atoms with van der Waals surface area (Å²) in [6.07, 6.45) is 4.46. The maximum atomic E-state index is 11.5. The van der Waals surface area contributed by atoms with E-state index < -0.39 is 0 Å². The van der Waals surface area contributed by atoms with Crippen LogP contribution in [0.3, 0.4) is 0 Å². The number of amides is 1. The first-order valence-corrected chi connectivity index (χ1v) is 5.85. The number of rotatable bonds is 3. The highest BCUT2D eigenvalue weighted by Gasteiger charge is 2.17. The summed E-state index contributed by atoms with van der Waals surface area (Å²) in [7, 11) is 1.71. The van der Waals surface area contributed by atoms with Gasteiger partial charge < -0.3 is 5.32 Å². The zero-order valence-electron chi connectivity index (χ0n) is 8.35. The van der Waals surface area contributed by atoms with Crippen molar-refractivity contribution in [2.75, 3.05) is 12.8 Å². The van der Waals surface area contributed by atoms with Crippen LogP contribution in [0.15, 0.2) is 10.5 Å². The van der Waals surface area contributed by atoms with Gasteiger partial charge in [0.2, 0.25) is 5.91 Å². The molecule has 0 saturated carbocycles. The van der Waals surface area contributed by atoms with Gasteiger partial charge in [0.15, 0.2) is 0 Å². The van der Waals surface area contributed by atoms with Crippen LogP contribution in [0.5, 0.6) is 0 Å². The molecule has 0 radical (unpaired) electrons. The molecule has 2 nitrogen and oxygen atoms in total. The summed E-state index contributed by atoms with van der Waals surface area (Å²) in [5.74, 6) is 1.19. The van der Waals surface area contributed by atoms with E-state index in [9.17, 15) is 4.79 Å². The van der Waals surface area contributed by atoms with Gasteiger partial charge in [-0.1, -0.05) is 6.92 Å². The van der Waals surface area contributed by atoms with Crippen LogP contribution < -0.4 is 5.32 Å². The largest absolute Gasteiger partial charge is 0.355 e. The zero-order valence-corrected chi connectivity index (χ0v) is 9.17. The number of hydrogen-bond donors (Lipinski definition) is 1. The fourth-order valence-electron chi connectivity index (χ4n) is 1.60. The molecule has 0 aliphatic heterocycles. The van der Waals surface area contributed by atoms with Gasteiger partial charge in [0.05, 0.1) is 0 Å². The summed E-state index contributed by atoms with van der Waals surface area (Å²) in [5.41, 5.74) is 1.03. The summed E-state index contributed by atoms with van der Waals surface area (Å²) in [5, 5.41) is 2.71. The molecule has 0 atom stereocenters. The van der Waals surface area contributed by atoms with Crippen LogP contribution in [0.25, 0.3) is 0 Å². The van der Waals surface area contributed by atoms with E-state index in [2.05, 4.69) is 12.2 Å². The van der Waals surface area contributed by atoms with Crippen molar-refractivity contribution in [3.05, 3.63) is 10.5 Å². The third-order valence-corrected chi connectivity index (χ3v) is 3.32. The van der Waals surface area contributed by atoms with Gasteiger partial charge >= 0.3 is 0 Å². The van der Waals surface area contributed by atoms with Gasteiger partial charge in [0, 0.05) is 12.6 Å². The van der Waals surface area contributed by atoms with Crippen molar-refractivity contribution >= 4 is 17.7 Å². The van der Waals surface area contributed by atoms with Crippen LogP contribution in [-0.4, -0.2) is 18.7 Å². The van der Waals surface area contributed by atoms with Gasteiger partial charge in [-0.25, -0.2) is 0 Å². The average Bonchev–Trinajstić information content (AvgIpc) is 2.18. The molecule has 1 aliphatic rings. The first-order valence-electron chi connectivity index (χ1n) is 4.86. The summed E-state index contributed by atoms with van der Waals surface area (Å²) < 4.78 is 0. The lowest BCUT2D eigenvalue weighted by molar-refractivity contribution is -0.117. The quantitative estimate of drug-likeness (QED) is 0.755. The monoisotopic (exact) mass is 199 g/mol. The van der Waals surface area contributed by atoms with Crippen molar-refractivity contribution in [3.8, 4) is 0 Å². The Bertz CT molecular complexity index is 223. The van der Waals surface area contributed by atoms with Crippen LogP contribution in [-0.2, 0) is 4.79 Å². The highest BCUT2D eigenvalue weighted by molar-refractivity contribution is 8.03. The van der Waals surface area contributed by atoms with Crippen LogP contribution in [0.4, 0.5) is 0 Å². The van der Waals surface area contributed by atoms with Crippen molar-refractivity contribution < 1.29 is 4.79 Å². The molecular weight excluding hydrogens is 182 g/mol. The number of likely N-dealkylation sites (N-methyl/N-ethyl adjacent to an activating group) is 1. The molecule has 1 amide bonds. The molecule has 0 aromatic heterocycles. The Balaban J connectivity index is 2.76. The van der Waals surface area contributed by atoms with E-state index >= 15 is 0 Å². The van der Waals surface area contributed by atoms with Crippen LogP contribution in [0.2, 0.25) is 0 Å². The summed E-state index contributed by atoms with van der Waals surface area (Å²) in [6.45, 7) is 2.13. The van der Waals surface area contributed by atoms with Crippen molar-refractivity contribution in [2.24, 2.45) is 0 Å². The highest BCUT2D eigenvalue weighted by Crippen LogP contribution is 2.32. The maximum Gasteiger partial charge on any atom is 0.247 e. The molecular formula is C10H17NOS. The highest BCUT2D eigenvalue weighted by atomic mass is 32.2. The molecule has 0 saturated heterocycles. The first kappa shape index (κ1) is 10.6. The number of carbonyl (C=O) groups is 1. The molecule has 13 heavy (non-hydrogen) atoms. The number of thioether (sulfide) groups is 1. The number of hydrogen-bond acceptors (Lipinski definition) is 2. The van der Waals surface area contributed by atoms with Crippen LogP contribution in [0, 0.1) is 0 Å². The second kappa shape index (κ2) is 5.32. The van der Waals surface area contributed by atoms with Crippen molar-refractivity contribution in [1.29, 1.82) is 0 Å². The van der Waals surface area contributed by atoms with Gasteiger partial charge in [0.1, 0.15) is 0 Å². The fourth-order valence-corrected chi connectivity index (χ4v) is 2.61. The Kier molecular flexibility index (Phi) is 4.36. The molecule has 1 rings (SSSR count). The van der Waals surface area contributed by atoms with E-state index in [1.54, 1.807) is 7.05 Å². The Hall–Kier alpha value is -0.440. The molecule has 0 aromatic carbocycles. The van der Waals surface area contributed by atoms with Crippen LogP contribution in [0.1, 0.15) is 32.6 Å². The SMILES string of the molecule is CCSC1=C(C(=O)NC)CCCC1. The Morgan fingerprint density at radius 1 is 1.46 bits per heavy atom. The fraction of sp³-hybridized carbons (Fsp3) is 0.700. The van der Waals surface area contributed by atoms with E-state index in [1.807, 2.05) is 11.8 Å². The Morgan fingerprint density at radius 2 is 2.15 bits per heavy atom. The molecule has 0 fully saturated rings. The first-order chi connectivity index (χ1) is 6.29. The van der Waals surface area contributed by atoms with Gasteiger partial charge in [-0.05, 0) is 36.3 Å². The molecule has 1 N–H and O–H groups in total. The summed E-state index contributed by atoms with van der Waals surface area (Å²) in [4.78, 5) is 12.8. The van der Waals surface area contributed by atoms with Gasteiger partial charge in [-0.2, -0.15) is 0 Å². The molecule has 74 valence electrons. The predicted octanol–water partition coefficient (Wildman–Crippen LogP) is 2.31. The zero-order chi connectivity index (χ0) is 9.68. The van der Waals surface area contributed by atoms with Gasteiger partial charge in [-0.3, -0.25) is 4.79 Å². The lowest BCUT2D eigenvalue weighted by Crippen LogP contribution is -2.22. The molecule has 3 heteroatoms. The van der Waals surface area contributed by atoms with E-state index in [4.69, 9.17) is 0 Å². The maximum absolute atomic E-state index is 11.5. The lowest BCUT2D eigenvalue weighted by atomic mass is 9.99. The molecule has 0 aromatic rings. The minimum atomic E-state index is 0.121. The smallest absolute Gasteiger partial charge is 0.247 e. The number of carbonyl (C=O) groups excluding carboxylic acids is 1. The average molecular weight is 199 g/mol. The van der Waals surface area contributed by atoms with Crippen molar-refractivity contribution in [3.63, 3.8) is 0 Å². The van der Waals surface area contributed by atoms with E-state index in [0.717, 1.165) is 30.6 Å². The lowest BCUT2D eigenvalue weighted by Gasteiger charge is -2.18. The third-order valence-electron chi connectivity index (χ3n) is 2.24. The predicted molar refractivity (Wildman–Crippen MR) is 57.7 cm³/mol. The minimum Gasteiger partial charge on any atom is -0.355 e. The van der Waals surface area contributed by atoms with Gasteiger partial charge in [0.25, 0.3) is 0 Å². The minimum absolute atomic E-state index is 0.121. The molecule has 0 spiro atoms. The van der Waals surface area contributed by atoms with Crippen molar-refractivity contribution in [2.45, 2.75) is 32.6 Å². The van der Waals surface area contributed by atoms with E-state index in [-0.39, 0.29) is 5.91 Å². The molecule has 0 bridgehead atoms. The van der Waals surface area contributed by atoms with Crippen LogP contribution >= 0.6 is 11.8 Å². The number of allylic oxidation sites excluding steroid dienone is 1. The molecule has 0 heterocycles. The third kappa shape index (κ3) is 2.76. The molecule has 0 unspecified atom stereocenters. The summed E-state index contributed by atoms with van der Waals surface area (Å²) in [6, 6.07) is 0.